The van der Waals surface area contributed by atoms with Gasteiger partial charge in [0.2, 0.25) is 0 Å². The average Bonchev–Trinajstić information content (AvgIpc) is 3.27. The van der Waals surface area contributed by atoms with E-state index in [1.807, 2.05) is 64.1 Å². The molecule has 0 saturated heterocycles. The molecule has 1 aliphatic rings. The van der Waals surface area contributed by atoms with Gasteiger partial charge in [-0.05, 0) is 45.4 Å². The number of amidine groups is 1. The molecular weight excluding hydrogens is 434 g/mol. The largest absolute Gasteiger partial charge is 0.510 e. The lowest BCUT2D eigenvalue weighted by Crippen LogP contribution is -2.26. The molecule has 170 valence electrons. The van der Waals surface area contributed by atoms with Crippen LogP contribution in [-0.4, -0.2) is 34.5 Å². The SMILES string of the molecule is Cc1ccc(-c2nc(C3=C(O)CN(c4ccc(CC(=O)OC(C)C)cc4)C3=N)sc2C)cc1. The highest BCUT2D eigenvalue weighted by molar-refractivity contribution is 7.13. The second-order valence-corrected chi connectivity index (χ2v) is 9.63. The molecule has 0 radical (unpaired) electrons. The van der Waals surface area contributed by atoms with Gasteiger partial charge in [0.1, 0.15) is 16.6 Å². The van der Waals surface area contributed by atoms with Crippen molar-refractivity contribution in [2.24, 2.45) is 0 Å². The van der Waals surface area contributed by atoms with Crippen LogP contribution in [0.5, 0.6) is 0 Å². The minimum absolute atomic E-state index is 0.133. The van der Waals surface area contributed by atoms with Gasteiger partial charge in [0, 0.05) is 16.1 Å². The molecule has 3 aromatic rings. The fourth-order valence-corrected chi connectivity index (χ4v) is 4.78. The fraction of sp³-hybridized carbons (Fsp3) is 0.269. The molecular formula is C26H27N3O3S. The van der Waals surface area contributed by atoms with Gasteiger partial charge in [-0.25, -0.2) is 4.98 Å². The Morgan fingerprint density at radius 2 is 1.82 bits per heavy atom. The number of hydrogen-bond acceptors (Lipinski definition) is 6. The van der Waals surface area contributed by atoms with Crippen molar-refractivity contribution in [1.29, 1.82) is 5.41 Å². The van der Waals surface area contributed by atoms with Crippen LogP contribution in [0, 0.1) is 19.3 Å². The minimum atomic E-state index is -0.267. The Balaban J connectivity index is 1.53. The third-order valence-electron chi connectivity index (χ3n) is 5.40. The van der Waals surface area contributed by atoms with E-state index in [0.29, 0.717) is 10.6 Å². The zero-order chi connectivity index (χ0) is 23.7. The molecule has 33 heavy (non-hydrogen) atoms. The lowest BCUT2D eigenvalue weighted by Gasteiger charge is -2.19. The molecule has 1 aromatic heterocycles. The van der Waals surface area contributed by atoms with Gasteiger partial charge in [-0.15, -0.1) is 11.3 Å². The van der Waals surface area contributed by atoms with Crippen molar-refractivity contribution in [3.05, 3.63) is 75.3 Å². The highest BCUT2D eigenvalue weighted by Gasteiger charge is 2.32. The molecule has 1 aliphatic heterocycles. The monoisotopic (exact) mass is 461 g/mol. The first-order valence-corrected chi connectivity index (χ1v) is 11.7. The van der Waals surface area contributed by atoms with Crippen molar-refractivity contribution in [2.75, 3.05) is 11.4 Å². The van der Waals surface area contributed by atoms with Crippen LogP contribution in [0.25, 0.3) is 16.8 Å². The molecule has 2 heterocycles. The Morgan fingerprint density at radius 1 is 1.15 bits per heavy atom. The van der Waals surface area contributed by atoms with E-state index < -0.39 is 0 Å². The first kappa shape index (κ1) is 22.7. The summed E-state index contributed by atoms with van der Waals surface area (Å²) in [5.41, 5.74) is 5.16. The van der Waals surface area contributed by atoms with Gasteiger partial charge < -0.3 is 14.7 Å². The number of benzene rings is 2. The zero-order valence-corrected chi connectivity index (χ0v) is 20.0. The number of thiazole rings is 1. The molecule has 0 unspecified atom stereocenters. The molecule has 4 rings (SSSR count). The second-order valence-electron chi connectivity index (χ2n) is 8.43. The van der Waals surface area contributed by atoms with Gasteiger partial charge in [0.25, 0.3) is 0 Å². The standard InChI is InChI=1S/C26H27N3O3S/c1-15(2)32-22(31)13-18-7-11-20(12-8-18)29-14-21(30)23(25(29)27)26-28-24(17(4)33-26)19-9-5-16(3)6-10-19/h5-12,15,27,30H,13-14H2,1-4H3. The van der Waals surface area contributed by atoms with E-state index in [9.17, 15) is 9.90 Å². The number of esters is 1. The molecule has 2 N–H and O–H groups in total. The molecule has 0 saturated carbocycles. The summed E-state index contributed by atoms with van der Waals surface area (Å²) in [6.07, 6.45) is 0.0560. The number of hydrogen-bond donors (Lipinski definition) is 2. The van der Waals surface area contributed by atoms with Gasteiger partial charge in [-0.1, -0.05) is 42.0 Å². The summed E-state index contributed by atoms with van der Waals surface area (Å²) in [4.78, 5) is 19.4. The molecule has 6 nitrogen and oxygen atoms in total. The number of carbonyl (C=O) groups excluding carboxylic acids is 1. The number of nitrogens with one attached hydrogen (secondary N) is 1. The third kappa shape index (κ3) is 4.83. The van der Waals surface area contributed by atoms with Crippen molar-refractivity contribution in [2.45, 2.75) is 40.2 Å². The number of aliphatic hydroxyl groups excluding tert-OH is 1. The van der Waals surface area contributed by atoms with Crippen molar-refractivity contribution in [1.82, 2.24) is 4.98 Å². The Hall–Kier alpha value is -3.45. The lowest BCUT2D eigenvalue weighted by molar-refractivity contribution is -0.146. The van der Waals surface area contributed by atoms with Crippen LogP contribution < -0.4 is 4.90 Å². The molecule has 2 aromatic carbocycles. The summed E-state index contributed by atoms with van der Waals surface area (Å²) >= 11 is 1.48. The summed E-state index contributed by atoms with van der Waals surface area (Å²) in [7, 11) is 0. The predicted octanol–water partition coefficient (Wildman–Crippen LogP) is 5.69. The molecule has 0 amide bonds. The van der Waals surface area contributed by atoms with Crippen LogP contribution in [0.3, 0.4) is 0 Å². The molecule has 0 atom stereocenters. The Labute approximate surface area is 197 Å². The lowest BCUT2D eigenvalue weighted by atomic mass is 10.1. The molecule has 7 heteroatoms. The summed E-state index contributed by atoms with van der Waals surface area (Å²) in [5.74, 6) is 0.0780. The summed E-state index contributed by atoms with van der Waals surface area (Å²) in [6, 6.07) is 15.6. The van der Waals surface area contributed by atoms with E-state index in [4.69, 9.17) is 15.1 Å². The van der Waals surface area contributed by atoms with Gasteiger partial charge in [-0.2, -0.15) is 0 Å². The number of aliphatic hydroxyl groups is 1. The number of aromatic nitrogens is 1. The minimum Gasteiger partial charge on any atom is -0.510 e. The summed E-state index contributed by atoms with van der Waals surface area (Å²) < 4.78 is 5.20. The quantitative estimate of drug-likeness (QED) is 0.461. The van der Waals surface area contributed by atoms with Crippen molar-refractivity contribution in [3.8, 4) is 11.3 Å². The van der Waals surface area contributed by atoms with E-state index in [2.05, 4.69) is 12.1 Å². The van der Waals surface area contributed by atoms with Crippen molar-refractivity contribution < 1.29 is 14.6 Å². The van der Waals surface area contributed by atoms with Gasteiger partial charge in [0.15, 0.2) is 0 Å². The number of aryl methyl sites for hydroxylation is 2. The van der Waals surface area contributed by atoms with Gasteiger partial charge >= 0.3 is 5.97 Å². The highest BCUT2D eigenvalue weighted by Crippen LogP contribution is 2.36. The zero-order valence-electron chi connectivity index (χ0n) is 19.2. The van der Waals surface area contributed by atoms with Crippen molar-refractivity contribution >= 4 is 34.4 Å². The first-order valence-electron chi connectivity index (χ1n) is 10.8. The van der Waals surface area contributed by atoms with Crippen molar-refractivity contribution in [3.63, 3.8) is 0 Å². The van der Waals surface area contributed by atoms with E-state index in [-0.39, 0.29) is 36.6 Å². The normalized spacial score (nSPS) is 13.8. The summed E-state index contributed by atoms with van der Waals surface area (Å²) in [5, 5.41) is 20.1. The Bertz CT molecular complexity index is 1220. The first-order chi connectivity index (χ1) is 15.7. The number of nitrogens with zero attached hydrogens (tertiary/aromatic N) is 2. The molecule has 0 fully saturated rings. The van der Waals surface area contributed by atoms with Crippen LogP contribution in [0.1, 0.15) is 34.9 Å². The maximum atomic E-state index is 11.9. The van der Waals surface area contributed by atoms with Gasteiger partial charge in [0.05, 0.1) is 30.3 Å². The fourth-order valence-electron chi connectivity index (χ4n) is 3.77. The number of carbonyl (C=O) groups is 1. The summed E-state index contributed by atoms with van der Waals surface area (Å²) in [6.45, 7) is 7.91. The predicted molar refractivity (Wildman–Crippen MR) is 133 cm³/mol. The average molecular weight is 462 g/mol. The topological polar surface area (TPSA) is 86.5 Å². The smallest absolute Gasteiger partial charge is 0.310 e. The van der Waals surface area contributed by atoms with E-state index in [1.165, 1.54) is 16.9 Å². The maximum absolute atomic E-state index is 11.9. The van der Waals surface area contributed by atoms with E-state index in [1.54, 1.807) is 4.90 Å². The van der Waals surface area contributed by atoms with Crippen LogP contribution in [0.4, 0.5) is 5.69 Å². The molecule has 0 spiro atoms. The van der Waals surface area contributed by atoms with Crippen LogP contribution in [-0.2, 0) is 16.0 Å². The van der Waals surface area contributed by atoms with Gasteiger partial charge in [-0.3, -0.25) is 10.2 Å². The Kier molecular flexibility index (Phi) is 6.33. The van der Waals surface area contributed by atoms with Crippen LogP contribution >= 0.6 is 11.3 Å². The highest BCUT2D eigenvalue weighted by atomic mass is 32.1. The number of rotatable bonds is 6. The maximum Gasteiger partial charge on any atom is 0.310 e. The molecule has 0 bridgehead atoms. The number of anilines is 1. The van der Waals surface area contributed by atoms with E-state index in [0.717, 1.165) is 27.4 Å². The number of ether oxygens (including phenoxy) is 1. The van der Waals surface area contributed by atoms with E-state index >= 15 is 0 Å². The molecule has 0 aliphatic carbocycles. The Morgan fingerprint density at radius 3 is 2.45 bits per heavy atom. The van der Waals surface area contributed by atoms with Crippen LogP contribution in [0.2, 0.25) is 0 Å². The van der Waals surface area contributed by atoms with Crippen LogP contribution in [0.15, 0.2) is 54.3 Å². The second kappa shape index (κ2) is 9.19. The third-order valence-corrected chi connectivity index (χ3v) is 6.39.